The van der Waals surface area contributed by atoms with Crippen molar-refractivity contribution in [3.05, 3.63) is 46.7 Å². The molecule has 0 amide bonds. The first-order valence-corrected chi connectivity index (χ1v) is 9.54. The van der Waals surface area contributed by atoms with E-state index in [9.17, 15) is 0 Å². The second kappa shape index (κ2) is 9.13. The number of thioether (sulfide) groups is 1. The zero-order valence-corrected chi connectivity index (χ0v) is 16.7. The monoisotopic (exact) mass is 409 g/mol. The SMILES string of the molecule is CCNC(=NCc1ccn[nH]1)NCC(C)(C)Sc1ccc(Br)cc1. The number of H-pyrrole nitrogens is 1. The van der Waals surface area contributed by atoms with Crippen LogP contribution in [0.4, 0.5) is 0 Å². The molecule has 1 aromatic carbocycles. The van der Waals surface area contributed by atoms with E-state index in [0.717, 1.165) is 29.2 Å². The molecule has 2 aromatic rings. The molecule has 0 spiro atoms. The summed E-state index contributed by atoms with van der Waals surface area (Å²) < 4.78 is 1.14. The third kappa shape index (κ3) is 6.57. The van der Waals surface area contributed by atoms with Gasteiger partial charge in [-0.2, -0.15) is 5.10 Å². The number of nitrogens with one attached hydrogen (secondary N) is 3. The summed E-state index contributed by atoms with van der Waals surface area (Å²) in [6.07, 6.45) is 1.74. The Hall–Kier alpha value is -1.47. The van der Waals surface area contributed by atoms with Crippen molar-refractivity contribution in [3.8, 4) is 0 Å². The average molecular weight is 410 g/mol. The van der Waals surface area contributed by atoms with E-state index in [-0.39, 0.29) is 4.75 Å². The Bertz CT molecular complexity index is 638. The molecule has 0 aliphatic rings. The fraction of sp³-hybridized carbons (Fsp3) is 0.412. The van der Waals surface area contributed by atoms with E-state index in [1.807, 2.05) is 17.8 Å². The van der Waals surface area contributed by atoms with Crippen LogP contribution in [0, 0.1) is 0 Å². The number of hydrogen-bond acceptors (Lipinski definition) is 3. The first kappa shape index (κ1) is 18.9. The van der Waals surface area contributed by atoms with E-state index in [1.54, 1.807) is 6.20 Å². The standard InChI is InChI=1S/C17H24BrN5S/c1-4-19-16(20-11-14-9-10-22-23-14)21-12-17(2,3)24-15-7-5-13(18)6-8-15/h5-10H,4,11-12H2,1-3H3,(H,22,23)(H2,19,20,21). The van der Waals surface area contributed by atoms with Crippen molar-refractivity contribution < 1.29 is 0 Å². The highest BCUT2D eigenvalue weighted by Gasteiger charge is 2.20. The summed E-state index contributed by atoms with van der Waals surface area (Å²) in [5, 5.41) is 13.6. The van der Waals surface area contributed by atoms with Gasteiger partial charge in [-0.05, 0) is 51.1 Å². The van der Waals surface area contributed by atoms with Crippen molar-refractivity contribution >= 4 is 33.7 Å². The largest absolute Gasteiger partial charge is 0.357 e. The van der Waals surface area contributed by atoms with Crippen LogP contribution < -0.4 is 10.6 Å². The molecule has 7 heteroatoms. The zero-order chi connectivity index (χ0) is 17.4. The van der Waals surface area contributed by atoms with Gasteiger partial charge in [-0.1, -0.05) is 15.9 Å². The molecular formula is C17H24BrN5S. The minimum absolute atomic E-state index is 0.0397. The van der Waals surface area contributed by atoms with Gasteiger partial charge in [0.05, 0.1) is 12.2 Å². The number of nitrogens with zero attached hydrogens (tertiary/aromatic N) is 2. The Morgan fingerprint density at radius 2 is 2.00 bits per heavy atom. The van der Waals surface area contributed by atoms with Gasteiger partial charge in [0, 0.05) is 33.4 Å². The Balaban J connectivity index is 1.91. The number of guanidine groups is 1. The third-order valence-corrected chi connectivity index (χ3v) is 4.93. The maximum atomic E-state index is 4.59. The van der Waals surface area contributed by atoms with Crippen LogP contribution in [0.2, 0.25) is 0 Å². The lowest BCUT2D eigenvalue weighted by atomic mass is 10.2. The van der Waals surface area contributed by atoms with E-state index in [2.05, 4.69) is 86.8 Å². The molecule has 5 nitrogen and oxygen atoms in total. The smallest absolute Gasteiger partial charge is 0.191 e. The molecule has 24 heavy (non-hydrogen) atoms. The van der Waals surface area contributed by atoms with Gasteiger partial charge in [-0.25, -0.2) is 4.99 Å². The van der Waals surface area contributed by atoms with Crippen LogP contribution in [0.25, 0.3) is 0 Å². The molecular weight excluding hydrogens is 386 g/mol. The van der Waals surface area contributed by atoms with Crippen molar-refractivity contribution in [3.63, 3.8) is 0 Å². The summed E-state index contributed by atoms with van der Waals surface area (Å²) in [7, 11) is 0. The van der Waals surface area contributed by atoms with Gasteiger partial charge in [0.25, 0.3) is 0 Å². The second-order valence-corrected chi connectivity index (χ2v) is 8.64. The van der Waals surface area contributed by atoms with Crippen LogP contribution in [0.3, 0.4) is 0 Å². The zero-order valence-electron chi connectivity index (χ0n) is 14.3. The van der Waals surface area contributed by atoms with Crippen LogP contribution in [0.5, 0.6) is 0 Å². The maximum absolute atomic E-state index is 4.59. The normalized spacial score (nSPS) is 12.2. The van der Waals surface area contributed by atoms with Crippen LogP contribution in [-0.4, -0.2) is 34.0 Å². The van der Waals surface area contributed by atoms with E-state index in [4.69, 9.17) is 0 Å². The molecule has 2 rings (SSSR count). The predicted molar refractivity (Wildman–Crippen MR) is 105 cm³/mol. The quantitative estimate of drug-likeness (QED) is 0.369. The lowest BCUT2D eigenvalue weighted by molar-refractivity contribution is 0.663. The van der Waals surface area contributed by atoms with Crippen LogP contribution >= 0.6 is 27.7 Å². The number of aromatic amines is 1. The number of aromatic nitrogens is 2. The van der Waals surface area contributed by atoms with Crippen molar-refractivity contribution in [2.24, 2.45) is 4.99 Å². The topological polar surface area (TPSA) is 65.1 Å². The number of rotatable bonds is 7. The number of benzene rings is 1. The summed E-state index contributed by atoms with van der Waals surface area (Å²) in [5.74, 6) is 0.816. The molecule has 1 aromatic heterocycles. The Morgan fingerprint density at radius 1 is 1.25 bits per heavy atom. The summed E-state index contributed by atoms with van der Waals surface area (Å²) >= 11 is 5.32. The highest BCUT2D eigenvalue weighted by atomic mass is 79.9. The molecule has 0 atom stereocenters. The number of aliphatic imine (C=N–C) groups is 1. The van der Waals surface area contributed by atoms with Gasteiger partial charge in [0.1, 0.15) is 0 Å². The molecule has 0 unspecified atom stereocenters. The molecule has 0 saturated heterocycles. The van der Waals surface area contributed by atoms with E-state index >= 15 is 0 Å². The fourth-order valence-electron chi connectivity index (χ4n) is 2.03. The highest BCUT2D eigenvalue weighted by molar-refractivity contribution is 9.10. The fourth-order valence-corrected chi connectivity index (χ4v) is 3.35. The summed E-state index contributed by atoms with van der Waals surface area (Å²) in [4.78, 5) is 5.84. The van der Waals surface area contributed by atoms with Crippen LogP contribution in [0.1, 0.15) is 26.5 Å². The molecule has 130 valence electrons. The summed E-state index contributed by atoms with van der Waals surface area (Å²) in [5.41, 5.74) is 0.996. The van der Waals surface area contributed by atoms with E-state index < -0.39 is 0 Å². The average Bonchev–Trinajstić information content (AvgIpc) is 3.06. The van der Waals surface area contributed by atoms with E-state index in [1.165, 1.54) is 4.90 Å². The van der Waals surface area contributed by atoms with Gasteiger partial charge in [0.2, 0.25) is 0 Å². The lowest BCUT2D eigenvalue weighted by Crippen LogP contribution is -2.43. The van der Waals surface area contributed by atoms with Gasteiger partial charge in [0.15, 0.2) is 5.96 Å². The van der Waals surface area contributed by atoms with Crippen LogP contribution in [0.15, 0.2) is 50.9 Å². The van der Waals surface area contributed by atoms with Crippen molar-refractivity contribution in [2.75, 3.05) is 13.1 Å². The molecule has 0 bridgehead atoms. The Labute approximate surface area is 156 Å². The molecule has 0 aliphatic carbocycles. The first-order chi connectivity index (χ1) is 11.5. The van der Waals surface area contributed by atoms with Crippen molar-refractivity contribution in [1.29, 1.82) is 0 Å². The lowest BCUT2D eigenvalue weighted by Gasteiger charge is -2.25. The number of halogens is 1. The maximum Gasteiger partial charge on any atom is 0.191 e. The molecule has 3 N–H and O–H groups in total. The number of hydrogen-bond donors (Lipinski definition) is 3. The second-order valence-electron chi connectivity index (χ2n) is 5.95. The van der Waals surface area contributed by atoms with Crippen molar-refractivity contribution in [1.82, 2.24) is 20.8 Å². The van der Waals surface area contributed by atoms with Gasteiger partial charge in [-0.15, -0.1) is 11.8 Å². The van der Waals surface area contributed by atoms with Crippen LogP contribution in [-0.2, 0) is 6.54 Å². The highest BCUT2D eigenvalue weighted by Crippen LogP contribution is 2.32. The summed E-state index contributed by atoms with van der Waals surface area (Å²) in [6, 6.07) is 10.3. The molecule has 0 aliphatic heterocycles. The first-order valence-electron chi connectivity index (χ1n) is 7.93. The molecule has 0 saturated carbocycles. The summed E-state index contributed by atoms with van der Waals surface area (Å²) in [6.45, 7) is 8.73. The predicted octanol–water partition coefficient (Wildman–Crippen LogP) is 3.80. The van der Waals surface area contributed by atoms with Gasteiger partial charge < -0.3 is 10.6 Å². The third-order valence-electron chi connectivity index (χ3n) is 3.20. The minimum atomic E-state index is 0.0397. The van der Waals surface area contributed by atoms with E-state index in [0.29, 0.717) is 6.54 Å². The Kier molecular flexibility index (Phi) is 7.17. The molecule has 0 fully saturated rings. The van der Waals surface area contributed by atoms with Gasteiger partial charge >= 0.3 is 0 Å². The van der Waals surface area contributed by atoms with Gasteiger partial charge in [-0.3, -0.25) is 5.10 Å². The molecule has 0 radical (unpaired) electrons. The molecule has 1 heterocycles. The Morgan fingerprint density at radius 3 is 2.62 bits per heavy atom. The minimum Gasteiger partial charge on any atom is -0.357 e. The van der Waals surface area contributed by atoms with Crippen molar-refractivity contribution in [2.45, 2.75) is 37.0 Å².